The van der Waals surface area contributed by atoms with Gasteiger partial charge in [0.05, 0.1) is 12.1 Å². The van der Waals surface area contributed by atoms with Crippen LogP contribution in [0.4, 0.5) is 18.9 Å². The number of ketones is 1. The van der Waals surface area contributed by atoms with Crippen molar-refractivity contribution in [3.05, 3.63) is 65.2 Å². The van der Waals surface area contributed by atoms with Crippen LogP contribution in [0.15, 0.2) is 48.5 Å². The Bertz CT molecular complexity index is 769. The fraction of sp³-hybridized carbons (Fsp3) is 0.263. The van der Waals surface area contributed by atoms with E-state index < -0.39 is 11.7 Å². The molecule has 0 bridgehead atoms. The Morgan fingerprint density at radius 2 is 1.58 bits per heavy atom. The third-order valence-electron chi connectivity index (χ3n) is 3.72. The van der Waals surface area contributed by atoms with Crippen molar-refractivity contribution in [3.8, 4) is 0 Å². The summed E-state index contributed by atoms with van der Waals surface area (Å²) in [6, 6.07) is 11.4. The SMILES string of the molecule is CC(=O)c1ccc(NC(=O)CN(C)Cc2ccc(C(F)(F)F)cc2)cc1. The maximum Gasteiger partial charge on any atom is 0.416 e. The molecule has 1 N–H and O–H groups in total. The zero-order valence-corrected chi connectivity index (χ0v) is 14.4. The van der Waals surface area contributed by atoms with Crippen molar-refractivity contribution in [3.63, 3.8) is 0 Å². The third kappa shape index (κ3) is 5.70. The average molecular weight is 364 g/mol. The second-order valence-electron chi connectivity index (χ2n) is 6.05. The van der Waals surface area contributed by atoms with Crippen molar-refractivity contribution in [1.82, 2.24) is 4.90 Å². The normalized spacial score (nSPS) is 11.5. The lowest BCUT2D eigenvalue weighted by Crippen LogP contribution is -2.29. The van der Waals surface area contributed by atoms with Crippen LogP contribution in [0.1, 0.15) is 28.4 Å². The van der Waals surface area contributed by atoms with Crippen molar-refractivity contribution in [1.29, 1.82) is 0 Å². The summed E-state index contributed by atoms with van der Waals surface area (Å²) in [4.78, 5) is 25.0. The van der Waals surface area contributed by atoms with E-state index in [-0.39, 0.29) is 18.2 Å². The van der Waals surface area contributed by atoms with Crippen LogP contribution in [0.3, 0.4) is 0 Å². The molecule has 0 aliphatic heterocycles. The van der Waals surface area contributed by atoms with E-state index in [1.807, 2.05) is 0 Å². The number of amides is 1. The lowest BCUT2D eigenvalue weighted by molar-refractivity contribution is -0.137. The standard InChI is InChI=1S/C19H19F3N2O2/c1-13(25)15-5-9-17(10-6-15)23-18(26)12-24(2)11-14-3-7-16(8-4-14)19(20,21)22/h3-10H,11-12H2,1-2H3,(H,23,26). The number of nitrogens with one attached hydrogen (secondary N) is 1. The minimum Gasteiger partial charge on any atom is -0.325 e. The zero-order chi connectivity index (χ0) is 19.3. The number of halogens is 3. The van der Waals surface area contributed by atoms with E-state index in [2.05, 4.69) is 5.32 Å². The molecule has 26 heavy (non-hydrogen) atoms. The van der Waals surface area contributed by atoms with Gasteiger partial charge in [-0.25, -0.2) is 0 Å². The van der Waals surface area contributed by atoms with Crippen LogP contribution < -0.4 is 5.32 Å². The summed E-state index contributed by atoms with van der Waals surface area (Å²) in [5.41, 5.74) is 1.11. The molecule has 0 atom stereocenters. The highest BCUT2D eigenvalue weighted by Gasteiger charge is 2.29. The molecule has 0 fully saturated rings. The minimum atomic E-state index is -4.36. The Hall–Kier alpha value is -2.67. The first-order valence-corrected chi connectivity index (χ1v) is 7.90. The summed E-state index contributed by atoms with van der Waals surface area (Å²) in [6.45, 7) is 1.88. The number of anilines is 1. The molecule has 0 spiro atoms. The summed E-state index contributed by atoms with van der Waals surface area (Å²) >= 11 is 0. The highest BCUT2D eigenvalue weighted by Crippen LogP contribution is 2.29. The van der Waals surface area contributed by atoms with Gasteiger partial charge in [0.2, 0.25) is 5.91 Å². The predicted octanol–water partition coefficient (Wildman–Crippen LogP) is 3.98. The Labute approximate surface area is 149 Å². The van der Waals surface area contributed by atoms with Crippen molar-refractivity contribution in [2.45, 2.75) is 19.6 Å². The monoisotopic (exact) mass is 364 g/mol. The first kappa shape index (κ1) is 19.7. The predicted molar refractivity (Wildman–Crippen MR) is 92.9 cm³/mol. The van der Waals surface area contributed by atoms with Crippen LogP contribution in [0.25, 0.3) is 0 Å². The summed E-state index contributed by atoms with van der Waals surface area (Å²) in [6.07, 6.45) is -4.36. The van der Waals surface area contributed by atoms with Gasteiger partial charge >= 0.3 is 6.18 Å². The van der Waals surface area contributed by atoms with Crippen molar-refractivity contribution in [2.75, 3.05) is 18.9 Å². The first-order chi connectivity index (χ1) is 12.1. The quantitative estimate of drug-likeness (QED) is 0.789. The first-order valence-electron chi connectivity index (χ1n) is 7.90. The Kier molecular flexibility index (Phi) is 6.15. The molecule has 0 aliphatic rings. The number of hydrogen-bond donors (Lipinski definition) is 1. The number of alkyl halides is 3. The summed E-state index contributed by atoms with van der Waals surface area (Å²) in [5.74, 6) is -0.311. The van der Waals surface area contributed by atoms with Crippen LogP contribution >= 0.6 is 0 Å². The average Bonchev–Trinajstić information content (AvgIpc) is 2.54. The number of nitrogens with zero attached hydrogens (tertiary/aromatic N) is 1. The number of carbonyl (C=O) groups excluding carboxylic acids is 2. The molecule has 2 aromatic carbocycles. The van der Waals surface area contributed by atoms with E-state index in [4.69, 9.17) is 0 Å². The largest absolute Gasteiger partial charge is 0.416 e. The number of hydrogen-bond acceptors (Lipinski definition) is 3. The van der Waals surface area contributed by atoms with Gasteiger partial charge in [0.1, 0.15) is 0 Å². The molecular weight excluding hydrogens is 345 g/mol. The summed E-state index contributed by atoms with van der Waals surface area (Å²) < 4.78 is 37.6. The van der Waals surface area contributed by atoms with Gasteiger partial charge in [-0.15, -0.1) is 0 Å². The van der Waals surface area contributed by atoms with Gasteiger partial charge in [0, 0.05) is 17.8 Å². The number of rotatable bonds is 6. The Morgan fingerprint density at radius 1 is 1.00 bits per heavy atom. The molecule has 4 nitrogen and oxygen atoms in total. The van der Waals surface area contributed by atoms with Crippen LogP contribution in [-0.4, -0.2) is 30.2 Å². The molecule has 0 heterocycles. The fourth-order valence-electron chi connectivity index (χ4n) is 2.40. The molecule has 1 amide bonds. The van der Waals surface area contributed by atoms with Crippen LogP contribution in [0.2, 0.25) is 0 Å². The van der Waals surface area contributed by atoms with Gasteiger partial charge in [-0.2, -0.15) is 13.2 Å². The van der Waals surface area contributed by atoms with Crippen molar-refractivity contribution < 1.29 is 22.8 Å². The summed E-state index contributed by atoms with van der Waals surface area (Å²) in [7, 11) is 1.70. The molecular formula is C19H19F3N2O2. The molecule has 7 heteroatoms. The Morgan fingerprint density at radius 3 is 2.08 bits per heavy atom. The third-order valence-corrected chi connectivity index (χ3v) is 3.72. The second-order valence-corrected chi connectivity index (χ2v) is 6.05. The maximum atomic E-state index is 12.5. The summed E-state index contributed by atoms with van der Waals surface area (Å²) in [5, 5.41) is 2.71. The lowest BCUT2D eigenvalue weighted by atomic mass is 10.1. The molecule has 0 radical (unpaired) electrons. The highest BCUT2D eigenvalue weighted by atomic mass is 19.4. The molecule has 0 saturated heterocycles. The van der Waals surface area contributed by atoms with E-state index in [0.717, 1.165) is 12.1 Å². The fourth-order valence-corrected chi connectivity index (χ4v) is 2.40. The van der Waals surface area contributed by atoms with Crippen molar-refractivity contribution >= 4 is 17.4 Å². The molecule has 0 unspecified atom stereocenters. The number of carbonyl (C=O) groups is 2. The smallest absolute Gasteiger partial charge is 0.325 e. The van der Waals surface area contributed by atoms with Gasteiger partial charge < -0.3 is 5.32 Å². The van der Waals surface area contributed by atoms with Crippen LogP contribution in [0, 0.1) is 0 Å². The van der Waals surface area contributed by atoms with Crippen LogP contribution in [0.5, 0.6) is 0 Å². The number of Topliss-reactive ketones (excluding diaryl/α,β-unsaturated/α-hetero) is 1. The number of benzene rings is 2. The van der Waals surface area contributed by atoms with E-state index >= 15 is 0 Å². The van der Waals surface area contributed by atoms with E-state index in [1.165, 1.54) is 19.1 Å². The minimum absolute atomic E-state index is 0.0563. The molecule has 0 aliphatic carbocycles. The van der Waals surface area contributed by atoms with Crippen LogP contribution in [-0.2, 0) is 17.5 Å². The van der Waals surface area contributed by atoms with E-state index in [9.17, 15) is 22.8 Å². The van der Waals surface area contributed by atoms with Gasteiger partial charge in [-0.05, 0) is 55.9 Å². The molecule has 2 aromatic rings. The van der Waals surface area contributed by atoms with Gasteiger partial charge in [0.15, 0.2) is 5.78 Å². The van der Waals surface area contributed by atoms with E-state index in [1.54, 1.807) is 36.2 Å². The van der Waals surface area contributed by atoms with Gasteiger partial charge in [-0.1, -0.05) is 12.1 Å². The molecule has 138 valence electrons. The van der Waals surface area contributed by atoms with Crippen molar-refractivity contribution in [2.24, 2.45) is 0 Å². The maximum absolute atomic E-state index is 12.5. The van der Waals surface area contributed by atoms with Gasteiger partial charge in [-0.3, -0.25) is 14.5 Å². The second kappa shape index (κ2) is 8.14. The topological polar surface area (TPSA) is 49.4 Å². The zero-order valence-electron chi connectivity index (χ0n) is 14.4. The van der Waals surface area contributed by atoms with E-state index in [0.29, 0.717) is 23.4 Å². The highest BCUT2D eigenvalue weighted by molar-refractivity contribution is 5.96. The lowest BCUT2D eigenvalue weighted by Gasteiger charge is -2.17. The molecule has 0 aromatic heterocycles. The molecule has 2 rings (SSSR count). The number of likely N-dealkylation sites (N-methyl/N-ethyl adjacent to an activating group) is 1. The van der Waals surface area contributed by atoms with Gasteiger partial charge in [0.25, 0.3) is 0 Å². The Balaban J connectivity index is 1.87. The molecule has 0 saturated carbocycles.